The third-order valence-electron chi connectivity index (χ3n) is 1.56. The summed E-state index contributed by atoms with van der Waals surface area (Å²) < 4.78 is 13.0. The molecule has 1 atom stereocenters. The molecule has 1 aromatic carbocycles. The largest absolute Gasteiger partial charge is 0.393 e. The summed E-state index contributed by atoms with van der Waals surface area (Å²) in [4.78, 5) is 0. The maximum Gasteiger partial charge on any atom is 0.127 e. The summed E-state index contributed by atoms with van der Waals surface area (Å²) in [5.41, 5.74) is 0.383. The second-order valence-corrected chi connectivity index (χ2v) is 3.16. The molecule has 0 bridgehead atoms. The molecule has 1 rings (SSSR count). The molecule has 0 fully saturated rings. The van der Waals surface area contributed by atoms with Gasteiger partial charge in [0.05, 0.1) is 6.10 Å². The minimum atomic E-state index is -0.570. The molecule has 1 nitrogen and oxygen atoms in total. The van der Waals surface area contributed by atoms with Crippen molar-refractivity contribution < 1.29 is 9.50 Å². The first kappa shape index (κ1) is 9.49. The van der Waals surface area contributed by atoms with E-state index in [1.54, 1.807) is 19.1 Å². The van der Waals surface area contributed by atoms with E-state index >= 15 is 0 Å². The van der Waals surface area contributed by atoms with E-state index in [0.717, 1.165) is 0 Å². The lowest BCUT2D eigenvalue weighted by atomic mass is 10.1. The number of aliphatic hydroxyl groups is 1. The predicted octanol–water partition coefficient (Wildman–Crippen LogP) is 2.40. The minimum Gasteiger partial charge on any atom is -0.393 e. The van der Waals surface area contributed by atoms with Gasteiger partial charge in [-0.15, -0.1) is 0 Å². The lowest BCUT2D eigenvalue weighted by Crippen LogP contribution is -2.06. The average molecular weight is 189 g/mol. The fraction of sp³-hybridized carbons (Fsp3) is 0.333. The van der Waals surface area contributed by atoms with Crippen LogP contribution < -0.4 is 0 Å². The van der Waals surface area contributed by atoms with Gasteiger partial charge < -0.3 is 5.11 Å². The van der Waals surface area contributed by atoms with Gasteiger partial charge in [0.2, 0.25) is 0 Å². The summed E-state index contributed by atoms with van der Waals surface area (Å²) in [7, 11) is 0. The highest BCUT2D eigenvalue weighted by Crippen LogP contribution is 2.20. The minimum absolute atomic E-state index is 0.255. The fourth-order valence-electron chi connectivity index (χ4n) is 1.02. The van der Waals surface area contributed by atoms with Crippen LogP contribution in [0.25, 0.3) is 0 Å². The van der Waals surface area contributed by atoms with Gasteiger partial charge >= 0.3 is 0 Å². The van der Waals surface area contributed by atoms with Crippen LogP contribution in [0.4, 0.5) is 4.39 Å². The molecule has 1 N–H and O–H groups in total. The highest BCUT2D eigenvalue weighted by molar-refractivity contribution is 6.31. The smallest absolute Gasteiger partial charge is 0.127 e. The second kappa shape index (κ2) is 3.87. The molecule has 0 aliphatic rings. The van der Waals surface area contributed by atoms with Gasteiger partial charge in [-0.1, -0.05) is 17.7 Å². The molecule has 12 heavy (non-hydrogen) atoms. The molecular formula is C9H10ClFO. The summed E-state index contributed by atoms with van der Waals surface area (Å²) >= 11 is 5.72. The summed E-state index contributed by atoms with van der Waals surface area (Å²) in [6, 6.07) is 4.50. The molecule has 0 spiro atoms. The first-order valence-electron chi connectivity index (χ1n) is 3.72. The maximum absolute atomic E-state index is 13.0. The van der Waals surface area contributed by atoms with Crippen molar-refractivity contribution in [3.05, 3.63) is 34.6 Å². The third-order valence-corrected chi connectivity index (χ3v) is 1.92. The van der Waals surface area contributed by atoms with Crippen LogP contribution in [-0.2, 0) is 6.42 Å². The van der Waals surface area contributed by atoms with Crippen molar-refractivity contribution >= 4 is 11.6 Å². The molecule has 0 heterocycles. The lowest BCUT2D eigenvalue weighted by molar-refractivity contribution is 0.194. The van der Waals surface area contributed by atoms with Crippen molar-refractivity contribution in [1.29, 1.82) is 0 Å². The molecule has 66 valence electrons. The summed E-state index contributed by atoms with van der Waals surface area (Å²) in [5, 5.41) is 9.40. The molecule has 1 aromatic rings. The van der Waals surface area contributed by atoms with Gasteiger partial charge in [-0.25, -0.2) is 4.39 Å². The number of hydrogen-bond donors (Lipinski definition) is 1. The Morgan fingerprint density at radius 1 is 1.58 bits per heavy atom. The molecule has 0 aromatic heterocycles. The van der Waals surface area contributed by atoms with E-state index in [2.05, 4.69) is 0 Å². The van der Waals surface area contributed by atoms with Crippen molar-refractivity contribution in [3.8, 4) is 0 Å². The Balaban J connectivity index is 2.96. The van der Waals surface area contributed by atoms with E-state index in [1.807, 2.05) is 0 Å². The SMILES string of the molecule is C[C@@H](O)Cc1c(F)cccc1Cl. The van der Waals surface area contributed by atoms with Crippen LogP contribution in [0.1, 0.15) is 12.5 Å². The molecule has 0 amide bonds. The fourth-order valence-corrected chi connectivity index (χ4v) is 1.26. The van der Waals surface area contributed by atoms with E-state index in [9.17, 15) is 4.39 Å². The Bertz CT molecular complexity index is 253. The molecule has 0 radical (unpaired) electrons. The van der Waals surface area contributed by atoms with Crippen LogP contribution in [0.5, 0.6) is 0 Å². The third kappa shape index (κ3) is 2.19. The van der Waals surface area contributed by atoms with Crippen molar-refractivity contribution in [2.24, 2.45) is 0 Å². The topological polar surface area (TPSA) is 20.2 Å². The monoisotopic (exact) mass is 188 g/mol. The zero-order valence-corrected chi connectivity index (χ0v) is 7.48. The molecule has 0 saturated heterocycles. The molecule has 0 aliphatic heterocycles. The van der Waals surface area contributed by atoms with Crippen LogP contribution in [0, 0.1) is 5.82 Å². The van der Waals surface area contributed by atoms with Gasteiger partial charge in [0.1, 0.15) is 5.82 Å². The normalized spacial score (nSPS) is 13.0. The first-order chi connectivity index (χ1) is 5.61. The summed E-state index contributed by atoms with van der Waals surface area (Å²) in [5.74, 6) is -0.358. The number of aliphatic hydroxyl groups excluding tert-OH is 1. The van der Waals surface area contributed by atoms with Gasteiger partial charge in [-0.2, -0.15) is 0 Å². The van der Waals surface area contributed by atoms with Crippen LogP contribution >= 0.6 is 11.6 Å². The van der Waals surface area contributed by atoms with Crippen LogP contribution in [0.3, 0.4) is 0 Å². The Labute approximate surface area is 75.8 Å². The predicted molar refractivity (Wildman–Crippen MR) is 46.8 cm³/mol. The van der Waals surface area contributed by atoms with Crippen molar-refractivity contribution in [1.82, 2.24) is 0 Å². The van der Waals surface area contributed by atoms with Crippen LogP contribution in [0.15, 0.2) is 18.2 Å². The number of rotatable bonds is 2. The van der Waals surface area contributed by atoms with Gasteiger partial charge in [0.15, 0.2) is 0 Å². The zero-order valence-electron chi connectivity index (χ0n) is 6.72. The molecule has 3 heteroatoms. The van der Waals surface area contributed by atoms with Crippen molar-refractivity contribution in [2.45, 2.75) is 19.4 Å². The van der Waals surface area contributed by atoms with E-state index in [0.29, 0.717) is 10.6 Å². The van der Waals surface area contributed by atoms with Crippen LogP contribution in [0.2, 0.25) is 5.02 Å². The Morgan fingerprint density at radius 3 is 2.75 bits per heavy atom. The second-order valence-electron chi connectivity index (χ2n) is 2.75. The molecule has 0 saturated carbocycles. The van der Waals surface area contributed by atoms with E-state index in [-0.39, 0.29) is 12.2 Å². The number of hydrogen-bond acceptors (Lipinski definition) is 1. The van der Waals surface area contributed by atoms with Crippen molar-refractivity contribution in [3.63, 3.8) is 0 Å². The van der Waals surface area contributed by atoms with Crippen LogP contribution in [-0.4, -0.2) is 11.2 Å². The Hall–Kier alpha value is -0.600. The van der Waals surface area contributed by atoms with E-state index < -0.39 is 6.10 Å². The lowest BCUT2D eigenvalue weighted by Gasteiger charge is -2.07. The number of benzene rings is 1. The Kier molecular flexibility index (Phi) is 3.06. The molecule has 0 aliphatic carbocycles. The Morgan fingerprint density at radius 2 is 2.25 bits per heavy atom. The van der Waals surface area contributed by atoms with E-state index in [4.69, 9.17) is 16.7 Å². The quantitative estimate of drug-likeness (QED) is 0.756. The van der Waals surface area contributed by atoms with E-state index in [1.165, 1.54) is 6.07 Å². The van der Waals surface area contributed by atoms with Gasteiger partial charge in [-0.05, 0) is 19.1 Å². The first-order valence-corrected chi connectivity index (χ1v) is 4.10. The summed E-state index contributed by atoms with van der Waals surface area (Å²) in [6.45, 7) is 1.60. The van der Waals surface area contributed by atoms with Gasteiger partial charge in [-0.3, -0.25) is 0 Å². The standard InChI is InChI=1S/C9H10ClFO/c1-6(12)5-7-8(10)3-2-4-9(7)11/h2-4,6,12H,5H2,1H3/t6-/m1/s1. The zero-order chi connectivity index (χ0) is 9.14. The van der Waals surface area contributed by atoms with Gasteiger partial charge in [0.25, 0.3) is 0 Å². The maximum atomic E-state index is 13.0. The number of halogens is 2. The van der Waals surface area contributed by atoms with Gasteiger partial charge in [0, 0.05) is 17.0 Å². The van der Waals surface area contributed by atoms with Crippen molar-refractivity contribution in [2.75, 3.05) is 0 Å². The molecular weight excluding hydrogens is 179 g/mol. The highest BCUT2D eigenvalue weighted by Gasteiger charge is 2.08. The average Bonchev–Trinajstić information content (AvgIpc) is 1.97. The summed E-state index contributed by atoms with van der Waals surface area (Å²) in [6.07, 6.45) is -0.315. The molecule has 0 unspecified atom stereocenters. The highest BCUT2D eigenvalue weighted by atomic mass is 35.5.